The molecule has 1 aliphatic heterocycles. The fourth-order valence-corrected chi connectivity index (χ4v) is 4.16. The second kappa shape index (κ2) is 9.82. The Hall–Kier alpha value is -3.07. The van der Waals surface area contributed by atoms with Crippen molar-refractivity contribution in [2.45, 2.75) is 12.1 Å². The number of ether oxygens (including phenoxy) is 3. The lowest BCUT2D eigenvalue weighted by molar-refractivity contribution is -0.117. The van der Waals surface area contributed by atoms with Crippen LogP contribution in [-0.2, 0) is 9.53 Å². The molecule has 3 aromatic rings. The van der Waals surface area contributed by atoms with Crippen LogP contribution in [0.2, 0.25) is 10.0 Å². The number of nitrogens with zero attached hydrogens (tertiary/aromatic N) is 2. The molecule has 1 amide bonds. The monoisotopic (exact) mass is 488 g/mol. The molecule has 1 aliphatic rings. The van der Waals surface area contributed by atoms with E-state index in [1.54, 1.807) is 31.5 Å². The molecule has 2 heterocycles. The van der Waals surface area contributed by atoms with Gasteiger partial charge in [0.15, 0.2) is 0 Å². The summed E-state index contributed by atoms with van der Waals surface area (Å²) in [6.07, 6.45) is 2.93. The van der Waals surface area contributed by atoms with Crippen molar-refractivity contribution in [3.63, 3.8) is 0 Å². The van der Waals surface area contributed by atoms with Crippen molar-refractivity contribution in [3.05, 3.63) is 53.2 Å². The SMILES string of the molecule is C=CC(=O)NC1COCC1Nc1ncc2cc(-c3cc(OC)cc(OC)c3Cl)c(Cl)cc2n1. The van der Waals surface area contributed by atoms with Crippen molar-refractivity contribution in [1.29, 1.82) is 0 Å². The van der Waals surface area contributed by atoms with Crippen molar-refractivity contribution in [3.8, 4) is 22.6 Å². The topological polar surface area (TPSA) is 94.6 Å². The van der Waals surface area contributed by atoms with Gasteiger partial charge in [0.05, 0.1) is 55.1 Å². The predicted octanol–water partition coefficient (Wildman–Crippen LogP) is 4.10. The van der Waals surface area contributed by atoms with Crippen LogP contribution in [0.4, 0.5) is 5.95 Å². The van der Waals surface area contributed by atoms with Crippen molar-refractivity contribution in [1.82, 2.24) is 15.3 Å². The number of rotatable bonds is 7. The average Bonchev–Trinajstić information content (AvgIpc) is 3.25. The minimum Gasteiger partial charge on any atom is -0.497 e. The Bertz CT molecular complexity index is 1220. The molecule has 1 saturated heterocycles. The number of methoxy groups -OCH3 is 2. The molecule has 1 aromatic heterocycles. The molecule has 2 atom stereocenters. The van der Waals surface area contributed by atoms with Gasteiger partial charge in [-0.05, 0) is 24.3 Å². The smallest absolute Gasteiger partial charge is 0.243 e. The van der Waals surface area contributed by atoms with Crippen LogP contribution in [0.3, 0.4) is 0 Å². The van der Waals surface area contributed by atoms with E-state index in [1.807, 2.05) is 6.07 Å². The van der Waals surface area contributed by atoms with E-state index in [-0.39, 0.29) is 18.0 Å². The van der Waals surface area contributed by atoms with Crippen LogP contribution < -0.4 is 20.1 Å². The zero-order valence-corrected chi connectivity index (χ0v) is 19.5. The van der Waals surface area contributed by atoms with Gasteiger partial charge >= 0.3 is 0 Å². The number of nitrogens with one attached hydrogen (secondary N) is 2. The highest BCUT2D eigenvalue weighted by atomic mass is 35.5. The zero-order valence-electron chi connectivity index (χ0n) is 18.0. The molecule has 2 N–H and O–H groups in total. The number of carbonyl (C=O) groups is 1. The highest BCUT2D eigenvalue weighted by Crippen LogP contribution is 2.42. The van der Waals surface area contributed by atoms with Crippen molar-refractivity contribution >= 4 is 46.0 Å². The summed E-state index contributed by atoms with van der Waals surface area (Å²) in [5.41, 5.74) is 2.02. The van der Waals surface area contributed by atoms with Crippen LogP contribution in [0.1, 0.15) is 0 Å². The van der Waals surface area contributed by atoms with Gasteiger partial charge in [-0.25, -0.2) is 9.97 Å². The highest BCUT2D eigenvalue weighted by Gasteiger charge is 2.29. The first kappa shape index (κ1) is 23.1. The number of fused-ring (bicyclic) bond motifs is 1. The summed E-state index contributed by atoms with van der Waals surface area (Å²) in [4.78, 5) is 20.7. The number of aromatic nitrogens is 2. The quantitative estimate of drug-likeness (QED) is 0.483. The second-order valence-corrected chi connectivity index (χ2v) is 8.17. The molecular weight excluding hydrogens is 467 g/mol. The molecule has 4 rings (SSSR count). The zero-order chi connectivity index (χ0) is 23.5. The number of halogens is 2. The lowest BCUT2D eigenvalue weighted by atomic mass is 10.0. The van der Waals surface area contributed by atoms with Gasteiger partial charge in [0.25, 0.3) is 0 Å². The van der Waals surface area contributed by atoms with Gasteiger partial charge in [-0.1, -0.05) is 29.8 Å². The molecule has 10 heteroatoms. The molecule has 0 radical (unpaired) electrons. The van der Waals surface area contributed by atoms with E-state index in [1.165, 1.54) is 13.2 Å². The minimum absolute atomic E-state index is 0.177. The van der Waals surface area contributed by atoms with Crippen LogP contribution in [0.25, 0.3) is 22.0 Å². The first-order chi connectivity index (χ1) is 15.9. The fourth-order valence-electron chi connectivity index (χ4n) is 3.61. The molecular formula is C23H22Cl2N4O4. The molecule has 2 unspecified atom stereocenters. The Kier molecular flexibility index (Phi) is 6.88. The molecule has 172 valence electrons. The number of hydrogen-bond acceptors (Lipinski definition) is 7. The van der Waals surface area contributed by atoms with E-state index in [2.05, 4.69) is 27.2 Å². The summed E-state index contributed by atoms with van der Waals surface area (Å²) >= 11 is 13.2. The van der Waals surface area contributed by atoms with E-state index >= 15 is 0 Å². The molecule has 0 aliphatic carbocycles. The maximum Gasteiger partial charge on any atom is 0.243 e. The molecule has 8 nitrogen and oxygen atoms in total. The number of anilines is 1. The molecule has 33 heavy (non-hydrogen) atoms. The minimum atomic E-state index is -0.260. The van der Waals surface area contributed by atoms with Gasteiger partial charge in [0.1, 0.15) is 11.5 Å². The van der Waals surface area contributed by atoms with Crippen molar-refractivity contribution < 1.29 is 19.0 Å². The van der Waals surface area contributed by atoms with Gasteiger partial charge < -0.3 is 24.8 Å². The van der Waals surface area contributed by atoms with Crippen molar-refractivity contribution in [2.75, 3.05) is 32.8 Å². The molecule has 0 bridgehead atoms. The van der Waals surface area contributed by atoms with E-state index in [0.29, 0.717) is 57.3 Å². The first-order valence-corrected chi connectivity index (χ1v) is 10.8. The number of amides is 1. The van der Waals surface area contributed by atoms with Gasteiger partial charge in [0.2, 0.25) is 11.9 Å². The Labute approximate surface area is 200 Å². The van der Waals surface area contributed by atoms with Gasteiger partial charge in [-0.3, -0.25) is 4.79 Å². The normalized spacial score (nSPS) is 17.6. The maximum atomic E-state index is 11.6. The third-order valence-corrected chi connectivity index (χ3v) is 6.04. The lowest BCUT2D eigenvalue weighted by Crippen LogP contribution is -2.45. The Morgan fingerprint density at radius 3 is 2.67 bits per heavy atom. The third-order valence-electron chi connectivity index (χ3n) is 5.34. The Balaban J connectivity index is 1.65. The van der Waals surface area contributed by atoms with E-state index in [4.69, 9.17) is 37.4 Å². The van der Waals surface area contributed by atoms with E-state index < -0.39 is 0 Å². The summed E-state index contributed by atoms with van der Waals surface area (Å²) in [7, 11) is 3.11. The molecule has 0 spiro atoms. The predicted molar refractivity (Wildman–Crippen MR) is 128 cm³/mol. The third kappa shape index (κ3) is 4.83. The number of hydrogen-bond donors (Lipinski definition) is 2. The summed E-state index contributed by atoms with van der Waals surface area (Å²) in [5.74, 6) is 1.22. The van der Waals surface area contributed by atoms with Crippen LogP contribution in [0.15, 0.2) is 43.1 Å². The number of benzene rings is 2. The standard InChI is InChI=1S/C23H22Cl2N4O4/c1-4-21(30)27-18-10-33-11-19(18)29-23-26-9-12-5-14(16(24)8-17(12)28-23)15-6-13(31-2)7-20(32-3)22(15)25/h4-9,18-19H,1,10-11H2,2-3H3,(H,27,30)(H,26,28,29). The lowest BCUT2D eigenvalue weighted by Gasteiger charge is -2.19. The second-order valence-electron chi connectivity index (χ2n) is 7.38. The average molecular weight is 489 g/mol. The van der Waals surface area contributed by atoms with Crippen LogP contribution in [0, 0.1) is 0 Å². The summed E-state index contributed by atoms with van der Waals surface area (Å²) in [6, 6.07) is 6.73. The first-order valence-electron chi connectivity index (χ1n) is 10.1. The number of carbonyl (C=O) groups excluding carboxylic acids is 1. The van der Waals surface area contributed by atoms with E-state index in [9.17, 15) is 4.79 Å². The summed E-state index contributed by atoms with van der Waals surface area (Å²) in [5, 5.41) is 7.73. The van der Waals surface area contributed by atoms with Crippen molar-refractivity contribution in [2.24, 2.45) is 0 Å². The maximum absolute atomic E-state index is 11.6. The van der Waals surface area contributed by atoms with E-state index in [0.717, 1.165) is 5.39 Å². The summed E-state index contributed by atoms with van der Waals surface area (Å²) < 4.78 is 16.2. The van der Waals surface area contributed by atoms with Crippen LogP contribution in [0.5, 0.6) is 11.5 Å². The highest BCUT2D eigenvalue weighted by molar-refractivity contribution is 6.38. The Morgan fingerprint density at radius 1 is 1.15 bits per heavy atom. The van der Waals surface area contributed by atoms with Gasteiger partial charge in [-0.2, -0.15) is 0 Å². The van der Waals surface area contributed by atoms with Crippen LogP contribution >= 0.6 is 23.2 Å². The summed E-state index contributed by atoms with van der Waals surface area (Å²) in [6.45, 7) is 4.28. The van der Waals surface area contributed by atoms with Gasteiger partial charge in [0, 0.05) is 28.8 Å². The largest absolute Gasteiger partial charge is 0.497 e. The van der Waals surface area contributed by atoms with Crippen LogP contribution in [-0.4, -0.2) is 55.4 Å². The molecule has 0 saturated carbocycles. The Morgan fingerprint density at radius 2 is 1.94 bits per heavy atom. The molecule has 1 fully saturated rings. The molecule has 2 aromatic carbocycles. The van der Waals surface area contributed by atoms with Gasteiger partial charge in [-0.15, -0.1) is 0 Å². The fraction of sp³-hybridized carbons (Fsp3) is 0.261.